The molecule has 1 aromatic rings. The van der Waals surface area contributed by atoms with Crippen molar-refractivity contribution in [1.29, 1.82) is 0 Å². The van der Waals surface area contributed by atoms with Gasteiger partial charge in [0, 0.05) is 10.6 Å². The third-order valence-corrected chi connectivity index (χ3v) is 4.83. The van der Waals surface area contributed by atoms with Gasteiger partial charge in [0.25, 0.3) is 0 Å². The molecule has 2 N–H and O–H groups in total. The fourth-order valence-corrected chi connectivity index (χ4v) is 3.90. The zero-order valence-electron chi connectivity index (χ0n) is 8.45. The Balaban J connectivity index is 2.15. The predicted molar refractivity (Wildman–Crippen MR) is 63.8 cm³/mol. The van der Waals surface area contributed by atoms with Crippen molar-refractivity contribution in [2.45, 2.75) is 38.0 Å². The molecular weight excluding hydrogens is 212 g/mol. The highest BCUT2D eigenvalue weighted by molar-refractivity contribution is 7.98. The van der Waals surface area contributed by atoms with Gasteiger partial charge in [-0.2, -0.15) is 11.8 Å². The van der Waals surface area contributed by atoms with Crippen molar-refractivity contribution in [2.24, 2.45) is 5.73 Å². The van der Waals surface area contributed by atoms with Crippen LogP contribution in [-0.4, -0.2) is 10.7 Å². The summed E-state index contributed by atoms with van der Waals surface area (Å²) in [6.45, 7) is 2.17. The van der Waals surface area contributed by atoms with Crippen LogP contribution in [0.5, 0.6) is 0 Å². The molecule has 14 heavy (non-hydrogen) atoms. The van der Waals surface area contributed by atoms with E-state index in [-0.39, 0.29) is 6.04 Å². The molecule has 1 unspecified atom stereocenters. The lowest BCUT2D eigenvalue weighted by Gasteiger charge is -2.06. The summed E-state index contributed by atoms with van der Waals surface area (Å²) in [5, 5.41) is 1.15. The summed E-state index contributed by atoms with van der Waals surface area (Å²) >= 11 is 3.83. The summed E-state index contributed by atoms with van der Waals surface area (Å²) in [5.41, 5.74) is 7.37. The molecule has 0 amide bonds. The lowest BCUT2D eigenvalue weighted by Crippen LogP contribution is -2.09. The molecule has 0 bridgehead atoms. The molecule has 2 rings (SSSR count). The molecule has 4 heteroatoms. The molecule has 2 nitrogen and oxygen atoms in total. The predicted octanol–water partition coefficient (Wildman–Crippen LogP) is 2.73. The second-order valence-corrected chi connectivity index (χ2v) is 5.84. The van der Waals surface area contributed by atoms with Crippen molar-refractivity contribution >= 4 is 23.1 Å². The van der Waals surface area contributed by atoms with Crippen LogP contribution in [0, 0.1) is 0 Å². The Labute approximate surface area is 93.3 Å². The molecule has 0 saturated carbocycles. The summed E-state index contributed by atoms with van der Waals surface area (Å²) < 4.78 is 0. The van der Waals surface area contributed by atoms with Crippen molar-refractivity contribution in [3.63, 3.8) is 0 Å². The quantitative estimate of drug-likeness (QED) is 0.864. The molecule has 1 aliphatic rings. The normalized spacial score (nSPS) is 17.9. The van der Waals surface area contributed by atoms with Crippen molar-refractivity contribution in [2.75, 3.05) is 5.75 Å². The number of rotatable bonds is 3. The first kappa shape index (κ1) is 10.5. The average Bonchev–Trinajstić information content (AvgIpc) is 2.61. The second kappa shape index (κ2) is 4.64. The number of thiazole rings is 1. The van der Waals surface area contributed by atoms with Gasteiger partial charge in [0.1, 0.15) is 5.01 Å². The van der Waals surface area contributed by atoms with E-state index in [9.17, 15) is 0 Å². The van der Waals surface area contributed by atoms with Crippen LogP contribution in [-0.2, 0) is 12.2 Å². The van der Waals surface area contributed by atoms with Gasteiger partial charge >= 0.3 is 0 Å². The van der Waals surface area contributed by atoms with Gasteiger partial charge < -0.3 is 5.73 Å². The second-order valence-electron chi connectivity index (χ2n) is 3.62. The monoisotopic (exact) mass is 228 g/mol. The minimum atomic E-state index is 0.167. The van der Waals surface area contributed by atoms with Gasteiger partial charge in [-0.25, -0.2) is 4.98 Å². The number of hydrogen-bond donors (Lipinski definition) is 1. The third kappa shape index (κ3) is 2.12. The van der Waals surface area contributed by atoms with Crippen molar-refractivity contribution < 1.29 is 0 Å². The van der Waals surface area contributed by atoms with Crippen molar-refractivity contribution in [1.82, 2.24) is 4.98 Å². The number of fused-ring (bicyclic) bond motifs is 1. The van der Waals surface area contributed by atoms with Crippen LogP contribution in [0.15, 0.2) is 0 Å². The highest BCUT2D eigenvalue weighted by Crippen LogP contribution is 2.32. The van der Waals surface area contributed by atoms with E-state index in [2.05, 4.69) is 11.9 Å². The zero-order chi connectivity index (χ0) is 9.97. The maximum atomic E-state index is 6.06. The number of nitrogens with zero attached hydrogens (tertiary/aromatic N) is 1. The molecule has 1 atom stereocenters. The number of thioether (sulfide) groups is 1. The van der Waals surface area contributed by atoms with E-state index >= 15 is 0 Å². The number of hydrogen-bond acceptors (Lipinski definition) is 4. The Morgan fingerprint density at radius 2 is 2.43 bits per heavy atom. The first-order valence-corrected chi connectivity index (χ1v) is 7.10. The minimum Gasteiger partial charge on any atom is -0.322 e. The standard InChI is InChI=1S/C10H16N2S2/c1-2-3-7(11)10-12-8-4-5-13-6-9(8)14-10/h7H,2-6,11H2,1H3. The SMILES string of the molecule is CCCC(N)c1nc2c(s1)CSCC2. The smallest absolute Gasteiger partial charge is 0.110 e. The first-order valence-electron chi connectivity index (χ1n) is 5.13. The van der Waals surface area contributed by atoms with Crippen molar-refractivity contribution in [3.05, 3.63) is 15.6 Å². The Morgan fingerprint density at radius 3 is 3.14 bits per heavy atom. The maximum Gasteiger partial charge on any atom is 0.110 e. The average molecular weight is 228 g/mol. The molecular formula is C10H16N2S2. The van der Waals surface area contributed by atoms with E-state index in [1.54, 1.807) is 0 Å². The summed E-state index contributed by atoms with van der Waals surface area (Å²) in [4.78, 5) is 6.11. The zero-order valence-corrected chi connectivity index (χ0v) is 10.1. The van der Waals surface area contributed by atoms with Crippen molar-refractivity contribution in [3.8, 4) is 0 Å². The molecule has 0 aliphatic carbocycles. The van der Waals surface area contributed by atoms with Gasteiger partial charge in [-0.15, -0.1) is 11.3 Å². The number of aromatic nitrogens is 1. The molecule has 0 radical (unpaired) electrons. The van der Waals surface area contributed by atoms with Crippen LogP contribution in [0.25, 0.3) is 0 Å². The van der Waals surface area contributed by atoms with Crippen LogP contribution in [0.2, 0.25) is 0 Å². The van der Waals surface area contributed by atoms with Gasteiger partial charge in [0.05, 0.1) is 11.7 Å². The van der Waals surface area contributed by atoms with Gasteiger partial charge in [-0.1, -0.05) is 13.3 Å². The van der Waals surface area contributed by atoms with Crippen LogP contribution >= 0.6 is 23.1 Å². The largest absolute Gasteiger partial charge is 0.322 e. The fourth-order valence-electron chi connectivity index (χ4n) is 1.64. The lowest BCUT2D eigenvalue weighted by atomic mass is 10.2. The highest BCUT2D eigenvalue weighted by atomic mass is 32.2. The van der Waals surface area contributed by atoms with E-state index in [1.807, 2.05) is 23.1 Å². The molecule has 0 aromatic carbocycles. The molecule has 1 aliphatic heterocycles. The molecule has 78 valence electrons. The van der Waals surface area contributed by atoms with Crippen LogP contribution < -0.4 is 5.73 Å². The Morgan fingerprint density at radius 1 is 1.57 bits per heavy atom. The molecule has 0 saturated heterocycles. The van der Waals surface area contributed by atoms with Gasteiger partial charge in [0.15, 0.2) is 0 Å². The Kier molecular flexibility index (Phi) is 3.47. The van der Waals surface area contributed by atoms with E-state index < -0.39 is 0 Å². The summed E-state index contributed by atoms with van der Waals surface area (Å²) in [6.07, 6.45) is 3.33. The van der Waals surface area contributed by atoms with Gasteiger partial charge in [-0.3, -0.25) is 0 Å². The van der Waals surface area contributed by atoms with Crippen LogP contribution in [0.3, 0.4) is 0 Å². The minimum absolute atomic E-state index is 0.167. The summed E-state index contributed by atoms with van der Waals surface area (Å²) in [7, 11) is 0. The maximum absolute atomic E-state index is 6.06. The van der Waals surface area contributed by atoms with Crippen LogP contribution in [0.4, 0.5) is 0 Å². The number of aryl methyl sites for hydroxylation is 1. The van der Waals surface area contributed by atoms with Gasteiger partial charge in [-0.05, 0) is 18.6 Å². The Hall–Kier alpha value is -0.0600. The first-order chi connectivity index (χ1) is 6.81. The molecule has 2 heterocycles. The van der Waals surface area contributed by atoms with E-state index in [1.165, 1.54) is 16.3 Å². The lowest BCUT2D eigenvalue weighted by molar-refractivity contribution is 0.632. The topological polar surface area (TPSA) is 38.9 Å². The molecule has 0 spiro atoms. The van der Waals surface area contributed by atoms with E-state index in [0.717, 1.165) is 30.0 Å². The third-order valence-electron chi connectivity index (χ3n) is 2.43. The highest BCUT2D eigenvalue weighted by Gasteiger charge is 2.18. The summed E-state index contributed by atoms with van der Waals surface area (Å²) in [6, 6.07) is 0.167. The fraction of sp³-hybridized carbons (Fsp3) is 0.700. The summed E-state index contributed by atoms with van der Waals surface area (Å²) in [5.74, 6) is 2.37. The number of nitrogens with two attached hydrogens (primary N) is 1. The molecule has 0 fully saturated rings. The Bertz CT molecular complexity index is 286. The van der Waals surface area contributed by atoms with Gasteiger partial charge in [0.2, 0.25) is 0 Å². The van der Waals surface area contributed by atoms with E-state index in [4.69, 9.17) is 5.73 Å². The van der Waals surface area contributed by atoms with Crippen LogP contribution in [0.1, 0.15) is 41.4 Å². The molecule has 1 aromatic heterocycles. The van der Waals surface area contributed by atoms with E-state index in [0.29, 0.717) is 0 Å².